The first kappa shape index (κ1) is 16.9. The second kappa shape index (κ2) is 7.32. The van der Waals surface area contributed by atoms with Gasteiger partial charge in [-0.05, 0) is 19.1 Å². The number of nitrogens with zero attached hydrogens (tertiary/aromatic N) is 4. The summed E-state index contributed by atoms with van der Waals surface area (Å²) in [5.41, 5.74) is 0.383. The minimum Gasteiger partial charge on any atom is -0.480 e. The highest BCUT2D eigenvalue weighted by Gasteiger charge is 2.35. The monoisotopic (exact) mass is 342 g/mol. The molecule has 1 fully saturated rings. The van der Waals surface area contributed by atoms with E-state index in [0.717, 1.165) is 0 Å². The number of aromatic nitrogens is 2. The van der Waals surface area contributed by atoms with E-state index in [9.17, 15) is 4.79 Å². The molecule has 1 aliphatic rings. The maximum atomic E-state index is 12.9. The molecular formula is C17H18N4O4. The highest BCUT2D eigenvalue weighted by molar-refractivity contribution is 5.81. The Morgan fingerprint density at radius 2 is 2.24 bits per heavy atom. The molecule has 0 aliphatic carbocycles. The first-order valence-corrected chi connectivity index (χ1v) is 7.94. The van der Waals surface area contributed by atoms with Crippen LogP contribution < -0.4 is 4.74 Å². The van der Waals surface area contributed by atoms with Crippen LogP contribution in [0, 0.1) is 18.3 Å². The number of amides is 1. The standard InChI is InChI=1S/C17H18N4O4/c1-11(24-15-6-4-3-5-13(15)9-18)17(22)21-7-8-23-10-14(21)16-20-19-12(2)25-16/h3-6,11,14H,7-8,10H2,1-2H3/t11-,14-/m1/s1. The largest absolute Gasteiger partial charge is 0.480 e. The average Bonchev–Trinajstić information content (AvgIpc) is 3.07. The van der Waals surface area contributed by atoms with E-state index in [-0.39, 0.29) is 12.5 Å². The van der Waals surface area contributed by atoms with Crippen molar-refractivity contribution in [3.63, 3.8) is 0 Å². The lowest BCUT2D eigenvalue weighted by Gasteiger charge is -2.35. The van der Waals surface area contributed by atoms with E-state index in [1.54, 1.807) is 43.0 Å². The summed E-state index contributed by atoms with van der Waals surface area (Å²) in [6, 6.07) is 8.42. The van der Waals surface area contributed by atoms with Gasteiger partial charge >= 0.3 is 0 Å². The summed E-state index contributed by atoms with van der Waals surface area (Å²) in [6.45, 7) is 4.46. The van der Waals surface area contributed by atoms with Gasteiger partial charge in [0.05, 0.1) is 18.8 Å². The predicted octanol–water partition coefficient (Wildman–Crippen LogP) is 1.62. The minimum absolute atomic E-state index is 0.225. The molecule has 130 valence electrons. The third-order valence-electron chi connectivity index (χ3n) is 3.90. The normalized spacial score (nSPS) is 18.4. The number of morpholine rings is 1. The maximum absolute atomic E-state index is 12.9. The fourth-order valence-electron chi connectivity index (χ4n) is 2.65. The Hall–Kier alpha value is -2.92. The van der Waals surface area contributed by atoms with Gasteiger partial charge in [0.25, 0.3) is 5.91 Å². The number of benzene rings is 1. The summed E-state index contributed by atoms with van der Waals surface area (Å²) < 4.78 is 16.6. The summed E-state index contributed by atoms with van der Waals surface area (Å²) in [5.74, 6) is 0.927. The summed E-state index contributed by atoms with van der Waals surface area (Å²) in [6.07, 6.45) is -0.765. The fraction of sp³-hybridized carbons (Fsp3) is 0.412. The molecule has 2 heterocycles. The molecule has 1 aromatic carbocycles. The molecule has 0 unspecified atom stereocenters. The van der Waals surface area contributed by atoms with Crippen LogP contribution in [0.25, 0.3) is 0 Å². The number of carbonyl (C=O) groups excluding carboxylic acids is 1. The van der Waals surface area contributed by atoms with Crippen molar-refractivity contribution in [3.8, 4) is 11.8 Å². The van der Waals surface area contributed by atoms with Gasteiger partial charge in [-0.15, -0.1) is 10.2 Å². The molecule has 1 saturated heterocycles. The van der Waals surface area contributed by atoms with Gasteiger partial charge in [0.2, 0.25) is 11.8 Å². The van der Waals surface area contributed by atoms with Crippen LogP contribution in [-0.4, -0.2) is 46.9 Å². The smallest absolute Gasteiger partial charge is 0.264 e. The molecule has 2 atom stereocenters. The van der Waals surface area contributed by atoms with Gasteiger partial charge in [-0.1, -0.05) is 12.1 Å². The second-order valence-corrected chi connectivity index (χ2v) is 5.65. The van der Waals surface area contributed by atoms with Crippen molar-refractivity contribution in [2.75, 3.05) is 19.8 Å². The number of rotatable bonds is 4. The third-order valence-corrected chi connectivity index (χ3v) is 3.90. The van der Waals surface area contributed by atoms with Gasteiger partial charge in [0.1, 0.15) is 17.9 Å². The SMILES string of the molecule is Cc1nnc([C@H]2COCCN2C(=O)[C@@H](C)Oc2ccccc2C#N)o1. The molecule has 2 aromatic rings. The Morgan fingerprint density at radius 3 is 2.96 bits per heavy atom. The Morgan fingerprint density at radius 1 is 1.44 bits per heavy atom. The molecule has 3 rings (SSSR count). The van der Waals surface area contributed by atoms with E-state index in [0.29, 0.717) is 36.2 Å². The fourth-order valence-corrected chi connectivity index (χ4v) is 2.65. The van der Waals surface area contributed by atoms with E-state index < -0.39 is 12.1 Å². The van der Waals surface area contributed by atoms with Crippen LogP contribution in [0.4, 0.5) is 0 Å². The van der Waals surface area contributed by atoms with Crippen molar-refractivity contribution in [2.45, 2.75) is 26.0 Å². The van der Waals surface area contributed by atoms with Gasteiger partial charge in [-0.2, -0.15) is 5.26 Å². The first-order chi connectivity index (χ1) is 12.1. The lowest BCUT2D eigenvalue weighted by molar-refractivity contribution is -0.148. The summed E-state index contributed by atoms with van der Waals surface area (Å²) in [4.78, 5) is 14.5. The minimum atomic E-state index is -0.765. The lowest BCUT2D eigenvalue weighted by Crippen LogP contribution is -2.48. The van der Waals surface area contributed by atoms with Crippen LogP contribution in [0.1, 0.15) is 30.3 Å². The number of hydrogen-bond donors (Lipinski definition) is 0. The molecule has 1 amide bonds. The highest BCUT2D eigenvalue weighted by Crippen LogP contribution is 2.25. The van der Waals surface area contributed by atoms with Crippen LogP contribution in [0.2, 0.25) is 0 Å². The van der Waals surface area contributed by atoms with Crippen LogP contribution >= 0.6 is 0 Å². The molecule has 0 spiro atoms. The Balaban J connectivity index is 1.76. The van der Waals surface area contributed by atoms with Gasteiger partial charge in [0.15, 0.2) is 6.10 Å². The van der Waals surface area contributed by atoms with E-state index in [1.807, 2.05) is 0 Å². The number of nitriles is 1. The molecular weight excluding hydrogens is 324 g/mol. The quantitative estimate of drug-likeness (QED) is 0.832. The van der Waals surface area contributed by atoms with Crippen molar-refractivity contribution < 1.29 is 18.7 Å². The number of ether oxygens (including phenoxy) is 2. The molecule has 0 radical (unpaired) electrons. The van der Waals surface area contributed by atoms with Gasteiger partial charge in [-0.25, -0.2) is 0 Å². The zero-order valence-corrected chi connectivity index (χ0v) is 14.0. The Labute approximate surface area is 145 Å². The zero-order valence-electron chi connectivity index (χ0n) is 14.0. The Bertz CT molecular complexity index is 798. The van der Waals surface area contributed by atoms with Crippen LogP contribution in [0.3, 0.4) is 0 Å². The van der Waals surface area contributed by atoms with E-state index >= 15 is 0 Å². The Kier molecular flexibility index (Phi) is 4.95. The molecule has 8 nitrogen and oxygen atoms in total. The topological polar surface area (TPSA) is 101 Å². The number of aryl methyl sites for hydroxylation is 1. The second-order valence-electron chi connectivity index (χ2n) is 5.65. The van der Waals surface area contributed by atoms with Crippen LogP contribution in [0.5, 0.6) is 5.75 Å². The molecule has 0 N–H and O–H groups in total. The van der Waals surface area contributed by atoms with Crippen molar-refractivity contribution in [2.24, 2.45) is 0 Å². The average molecular weight is 342 g/mol. The summed E-state index contributed by atoms with van der Waals surface area (Å²) in [7, 11) is 0. The van der Waals surface area contributed by atoms with Gasteiger partial charge < -0.3 is 18.8 Å². The third kappa shape index (κ3) is 3.61. The van der Waals surface area contributed by atoms with Crippen molar-refractivity contribution in [3.05, 3.63) is 41.6 Å². The lowest BCUT2D eigenvalue weighted by atomic mass is 10.2. The first-order valence-electron chi connectivity index (χ1n) is 7.94. The molecule has 25 heavy (non-hydrogen) atoms. The maximum Gasteiger partial charge on any atom is 0.264 e. The number of para-hydroxylation sites is 1. The molecule has 0 saturated carbocycles. The molecule has 1 aliphatic heterocycles. The molecule has 0 bridgehead atoms. The summed E-state index contributed by atoms with van der Waals surface area (Å²) >= 11 is 0. The predicted molar refractivity (Wildman–Crippen MR) is 85.6 cm³/mol. The molecule has 1 aromatic heterocycles. The van der Waals surface area contributed by atoms with Crippen molar-refractivity contribution >= 4 is 5.91 Å². The number of carbonyl (C=O) groups is 1. The van der Waals surface area contributed by atoms with Crippen molar-refractivity contribution in [1.29, 1.82) is 5.26 Å². The van der Waals surface area contributed by atoms with Crippen molar-refractivity contribution in [1.82, 2.24) is 15.1 Å². The molecule has 8 heteroatoms. The van der Waals surface area contributed by atoms with Gasteiger partial charge in [-0.3, -0.25) is 4.79 Å². The zero-order chi connectivity index (χ0) is 17.8. The summed E-state index contributed by atoms with van der Waals surface area (Å²) in [5, 5.41) is 17.0. The van der Waals surface area contributed by atoms with E-state index in [4.69, 9.17) is 19.2 Å². The number of hydrogen-bond acceptors (Lipinski definition) is 7. The van der Waals surface area contributed by atoms with E-state index in [1.165, 1.54) is 0 Å². The highest BCUT2D eigenvalue weighted by atomic mass is 16.5. The van der Waals surface area contributed by atoms with Crippen LogP contribution in [0.15, 0.2) is 28.7 Å². The van der Waals surface area contributed by atoms with E-state index in [2.05, 4.69) is 16.3 Å². The van der Waals surface area contributed by atoms with Crippen LogP contribution in [-0.2, 0) is 9.53 Å². The van der Waals surface area contributed by atoms with Gasteiger partial charge in [0, 0.05) is 13.5 Å².